The number of hydrogen-bond donors (Lipinski definition) is 1. The molecular weight excluding hydrogens is 270 g/mol. The zero-order chi connectivity index (χ0) is 14.0. The predicted octanol–water partition coefficient (Wildman–Crippen LogP) is 2.88. The summed E-state index contributed by atoms with van der Waals surface area (Å²) in [4.78, 5) is 14.2. The molecule has 6 heteroatoms. The van der Waals surface area contributed by atoms with Gasteiger partial charge >= 0.3 is 0 Å². The van der Waals surface area contributed by atoms with E-state index in [2.05, 4.69) is 0 Å². The quantitative estimate of drug-likeness (QED) is 0.880. The fourth-order valence-corrected chi connectivity index (χ4v) is 2.42. The number of anilines is 1. The summed E-state index contributed by atoms with van der Waals surface area (Å²) in [7, 11) is 1.49. The van der Waals surface area contributed by atoms with Crippen molar-refractivity contribution in [3.05, 3.63) is 51.7 Å². The fourth-order valence-electron chi connectivity index (χ4n) is 1.66. The monoisotopic (exact) mass is 282 g/mol. The van der Waals surface area contributed by atoms with Crippen molar-refractivity contribution < 1.29 is 13.6 Å². The number of amides is 1. The van der Waals surface area contributed by atoms with E-state index in [4.69, 9.17) is 5.73 Å². The molecule has 0 aliphatic rings. The van der Waals surface area contributed by atoms with Gasteiger partial charge in [0, 0.05) is 11.9 Å². The smallest absolute Gasteiger partial charge is 0.259 e. The van der Waals surface area contributed by atoms with E-state index in [1.165, 1.54) is 23.3 Å². The van der Waals surface area contributed by atoms with Gasteiger partial charge in [-0.25, -0.2) is 8.78 Å². The van der Waals surface area contributed by atoms with Crippen LogP contribution in [0.15, 0.2) is 29.6 Å². The highest BCUT2D eigenvalue weighted by Gasteiger charge is 2.22. The number of halogens is 2. The third kappa shape index (κ3) is 2.73. The lowest BCUT2D eigenvalue weighted by molar-refractivity contribution is 0.0777. The van der Waals surface area contributed by atoms with Crippen molar-refractivity contribution in [2.75, 3.05) is 12.8 Å². The van der Waals surface area contributed by atoms with Crippen LogP contribution in [-0.2, 0) is 6.54 Å². The van der Waals surface area contributed by atoms with Crippen LogP contribution in [-0.4, -0.2) is 17.9 Å². The van der Waals surface area contributed by atoms with Crippen LogP contribution in [0.4, 0.5) is 14.5 Å². The van der Waals surface area contributed by atoms with Crippen LogP contribution < -0.4 is 5.73 Å². The highest BCUT2D eigenvalue weighted by molar-refractivity contribution is 7.09. The molecule has 2 aromatic rings. The number of thiophene rings is 1. The summed E-state index contributed by atoms with van der Waals surface area (Å²) < 4.78 is 27.3. The molecule has 0 saturated carbocycles. The number of nitrogens with two attached hydrogens (primary N) is 1. The average molecular weight is 282 g/mol. The molecule has 0 bridgehead atoms. The summed E-state index contributed by atoms with van der Waals surface area (Å²) in [6, 6.07) is 5.78. The van der Waals surface area contributed by atoms with Gasteiger partial charge in [0.05, 0.1) is 12.2 Å². The van der Waals surface area contributed by atoms with E-state index in [-0.39, 0.29) is 5.69 Å². The predicted molar refractivity (Wildman–Crippen MR) is 70.9 cm³/mol. The van der Waals surface area contributed by atoms with E-state index < -0.39 is 23.1 Å². The van der Waals surface area contributed by atoms with Crippen molar-refractivity contribution in [1.82, 2.24) is 4.90 Å². The molecule has 100 valence electrons. The second-order valence-electron chi connectivity index (χ2n) is 4.07. The summed E-state index contributed by atoms with van der Waals surface area (Å²) in [6.07, 6.45) is 0. The van der Waals surface area contributed by atoms with Crippen LogP contribution in [0.5, 0.6) is 0 Å². The molecule has 2 rings (SSSR count). The van der Waals surface area contributed by atoms with E-state index in [0.717, 1.165) is 17.0 Å². The molecule has 0 aliphatic heterocycles. The Morgan fingerprint density at radius 3 is 2.74 bits per heavy atom. The van der Waals surface area contributed by atoms with E-state index in [0.29, 0.717) is 6.54 Å². The second kappa shape index (κ2) is 5.36. The zero-order valence-electron chi connectivity index (χ0n) is 10.2. The van der Waals surface area contributed by atoms with Crippen molar-refractivity contribution >= 4 is 22.9 Å². The number of rotatable bonds is 3. The number of carbonyl (C=O) groups is 1. The molecular formula is C13H12F2N2OS. The largest absolute Gasteiger partial charge is 0.396 e. The Morgan fingerprint density at radius 2 is 2.11 bits per heavy atom. The first-order chi connectivity index (χ1) is 9.00. The van der Waals surface area contributed by atoms with Crippen molar-refractivity contribution in [1.29, 1.82) is 0 Å². The standard InChI is InChI=1S/C13H12F2N2OS/c1-17(7-8-3-2-6-19-8)13(18)11-9(14)4-5-10(16)12(11)15/h2-6H,7,16H2,1H3. The highest BCUT2D eigenvalue weighted by Crippen LogP contribution is 2.21. The minimum Gasteiger partial charge on any atom is -0.396 e. The normalized spacial score (nSPS) is 10.5. The third-order valence-corrected chi connectivity index (χ3v) is 3.52. The van der Waals surface area contributed by atoms with Crippen molar-refractivity contribution in [2.45, 2.75) is 6.54 Å². The van der Waals surface area contributed by atoms with Crippen LogP contribution in [0, 0.1) is 11.6 Å². The maximum Gasteiger partial charge on any atom is 0.259 e. The van der Waals surface area contributed by atoms with Crippen LogP contribution in [0.25, 0.3) is 0 Å². The molecule has 0 saturated heterocycles. The third-order valence-electron chi connectivity index (χ3n) is 2.65. The first-order valence-electron chi connectivity index (χ1n) is 5.52. The van der Waals surface area contributed by atoms with Gasteiger partial charge in [0.1, 0.15) is 11.4 Å². The molecule has 2 N–H and O–H groups in total. The summed E-state index contributed by atoms with van der Waals surface area (Å²) in [6.45, 7) is 0.296. The Bertz CT molecular complexity index is 599. The lowest BCUT2D eigenvalue weighted by Crippen LogP contribution is -2.28. The Labute approximate surface area is 113 Å². The Balaban J connectivity index is 2.27. The molecule has 0 spiro atoms. The summed E-state index contributed by atoms with van der Waals surface area (Å²) in [5, 5.41) is 1.87. The lowest BCUT2D eigenvalue weighted by Gasteiger charge is -2.17. The number of hydrogen-bond acceptors (Lipinski definition) is 3. The van der Waals surface area contributed by atoms with Crippen molar-refractivity contribution in [3.63, 3.8) is 0 Å². The van der Waals surface area contributed by atoms with E-state index in [1.54, 1.807) is 0 Å². The first kappa shape index (κ1) is 13.5. The SMILES string of the molecule is CN(Cc1cccs1)C(=O)c1c(F)ccc(N)c1F. The molecule has 1 aromatic heterocycles. The molecule has 1 aromatic carbocycles. The minimum absolute atomic E-state index is 0.241. The molecule has 1 amide bonds. The van der Waals surface area contributed by atoms with Gasteiger partial charge in [0.25, 0.3) is 5.91 Å². The van der Waals surface area contributed by atoms with Crippen molar-refractivity contribution in [3.8, 4) is 0 Å². The van der Waals surface area contributed by atoms with Crippen LogP contribution in [0.3, 0.4) is 0 Å². The zero-order valence-corrected chi connectivity index (χ0v) is 11.0. The molecule has 3 nitrogen and oxygen atoms in total. The topological polar surface area (TPSA) is 46.3 Å². The average Bonchev–Trinajstić information content (AvgIpc) is 2.87. The van der Waals surface area contributed by atoms with E-state index in [1.807, 2.05) is 17.5 Å². The summed E-state index contributed by atoms with van der Waals surface area (Å²) in [5.74, 6) is -2.64. The van der Waals surface area contributed by atoms with Gasteiger partial charge in [0.2, 0.25) is 0 Å². The van der Waals surface area contributed by atoms with Gasteiger partial charge in [-0.2, -0.15) is 0 Å². The molecule has 0 aliphatic carbocycles. The number of benzene rings is 1. The lowest BCUT2D eigenvalue weighted by atomic mass is 10.1. The fraction of sp³-hybridized carbons (Fsp3) is 0.154. The second-order valence-corrected chi connectivity index (χ2v) is 5.10. The van der Waals surface area contributed by atoms with Gasteiger partial charge in [0.15, 0.2) is 5.82 Å². The summed E-state index contributed by atoms with van der Waals surface area (Å²) >= 11 is 1.47. The maximum atomic E-state index is 13.7. The molecule has 1 heterocycles. The van der Waals surface area contributed by atoms with Gasteiger partial charge < -0.3 is 10.6 Å². The van der Waals surface area contributed by atoms with Crippen LogP contribution in [0.1, 0.15) is 15.2 Å². The highest BCUT2D eigenvalue weighted by atomic mass is 32.1. The molecule has 0 fully saturated rings. The van der Waals surface area contributed by atoms with Gasteiger partial charge in [-0.05, 0) is 23.6 Å². The minimum atomic E-state index is -1.01. The Hall–Kier alpha value is -1.95. The van der Waals surface area contributed by atoms with Crippen LogP contribution in [0.2, 0.25) is 0 Å². The van der Waals surface area contributed by atoms with Gasteiger partial charge in [-0.3, -0.25) is 4.79 Å². The maximum absolute atomic E-state index is 13.7. The summed E-state index contributed by atoms with van der Waals surface area (Å²) in [5.41, 5.74) is 4.50. The Kier molecular flexibility index (Phi) is 3.80. The van der Waals surface area contributed by atoms with E-state index in [9.17, 15) is 13.6 Å². The number of nitrogens with zero attached hydrogens (tertiary/aromatic N) is 1. The molecule has 0 atom stereocenters. The van der Waals surface area contributed by atoms with Crippen molar-refractivity contribution in [2.24, 2.45) is 0 Å². The number of nitrogen functional groups attached to an aromatic ring is 1. The van der Waals surface area contributed by atoms with Gasteiger partial charge in [-0.1, -0.05) is 6.07 Å². The first-order valence-corrected chi connectivity index (χ1v) is 6.40. The van der Waals surface area contributed by atoms with Crippen LogP contribution >= 0.6 is 11.3 Å². The van der Waals surface area contributed by atoms with Gasteiger partial charge in [-0.15, -0.1) is 11.3 Å². The molecule has 0 unspecified atom stereocenters. The number of carbonyl (C=O) groups excluding carboxylic acids is 1. The molecule has 19 heavy (non-hydrogen) atoms. The van der Waals surface area contributed by atoms with E-state index >= 15 is 0 Å². The molecule has 0 radical (unpaired) electrons. The Morgan fingerprint density at radius 1 is 1.37 bits per heavy atom.